The molecule has 1 aliphatic carbocycles. The zero-order chi connectivity index (χ0) is 22.2. The molecular formula is C24H34F3N3O. The third-order valence-electron chi connectivity index (χ3n) is 7.27. The molecule has 0 bridgehead atoms. The predicted molar refractivity (Wildman–Crippen MR) is 116 cm³/mol. The largest absolute Gasteiger partial charge is 0.416 e. The van der Waals surface area contributed by atoms with Crippen LogP contribution in [-0.4, -0.2) is 49.1 Å². The zero-order valence-corrected chi connectivity index (χ0v) is 18.5. The fourth-order valence-corrected chi connectivity index (χ4v) is 5.54. The van der Waals surface area contributed by atoms with Crippen LogP contribution in [0.5, 0.6) is 0 Å². The number of halogens is 3. The molecule has 0 unspecified atom stereocenters. The molecule has 2 atom stereocenters. The molecule has 0 radical (unpaired) electrons. The van der Waals surface area contributed by atoms with E-state index in [2.05, 4.69) is 29.0 Å². The van der Waals surface area contributed by atoms with Gasteiger partial charge in [0.15, 0.2) is 0 Å². The van der Waals surface area contributed by atoms with Gasteiger partial charge in [0.1, 0.15) is 0 Å². The van der Waals surface area contributed by atoms with Crippen LogP contribution in [0.2, 0.25) is 0 Å². The summed E-state index contributed by atoms with van der Waals surface area (Å²) in [5, 5.41) is 3.07. The summed E-state index contributed by atoms with van der Waals surface area (Å²) in [6.07, 6.45) is 1.84. The molecule has 4 nitrogen and oxygen atoms in total. The third kappa shape index (κ3) is 4.86. The van der Waals surface area contributed by atoms with Crippen molar-refractivity contribution >= 4 is 11.6 Å². The van der Waals surface area contributed by atoms with Crippen LogP contribution < -0.4 is 10.2 Å². The number of carbonyl (C=O) groups excluding carboxylic acids is 1. The molecular weight excluding hydrogens is 403 g/mol. The second-order valence-electron chi connectivity index (χ2n) is 9.82. The SMILES string of the molecule is CC(C)CCNC(=O)[C@@H]1Cc2cc(C(F)(F)F)ccc2N2CCN(C3CCCC3)C[C@H]12. The molecule has 1 saturated heterocycles. The fourth-order valence-electron chi connectivity index (χ4n) is 5.54. The molecule has 1 N–H and O–H groups in total. The molecule has 31 heavy (non-hydrogen) atoms. The first kappa shape index (κ1) is 22.4. The first-order chi connectivity index (χ1) is 14.7. The third-order valence-corrected chi connectivity index (χ3v) is 7.27. The summed E-state index contributed by atoms with van der Waals surface area (Å²) in [7, 11) is 0. The minimum absolute atomic E-state index is 0.0117. The quantitative estimate of drug-likeness (QED) is 0.738. The Morgan fingerprint density at radius 2 is 1.94 bits per heavy atom. The minimum atomic E-state index is -4.37. The van der Waals surface area contributed by atoms with Crippen molar-refractivity contribution in [2.24, 2.45) is 11.8 Å². The number of fused-ring (bicyclic) bond motifs is 3. The summed E-state index contributed by atoms with van der Waals surface area (Å²) in [5.74, 6) is 0.144. The first-order valence-electron chi connectivity index (χ1n) is 11.7. The number of anilines is 1. The summed E-state index contributed by atoms with van der Waals surface area (Å²) < 4.78 is 39.9. The monoisotopic (exact) mass is 437 g/mol. The molecule has 2 aliphatic heterocycles. The highest BCUT2D eigenvalue weighted by Gasteiger charge is 2.43. The number of nitrogens with one attached hydrogen (secondary N) is 1. The lowest BCUT2D eigenvalue weighted by molar-refractivity contribution is -0.137. The molecule has 3 aliphatic rings. The number of hydrogen-bond acceptors (Lipinski definition) is 3. The van der Waals surface area contributed by atoms with Crippen molar-refractivity contribution < 1.29 is 18.0 Å². The van der Waals surface area contributed by atoms with Crippen LogP contribution in [0.3, 0.4) is 0 Å². The van der Waals surface area contributed by atoms with Crippen LogP contribution in [0, 0.1) is 11.8 Å². The van der Waals surface area contributed by atoms with Crippen molar-refractivity contribution in [1.29, 1.82) is 0 Å². The van der Waals surface area contributed by atoms with Gasteiger partial charge in [0.05, 0.1) is 17.5 Å². The molecule has 1 amide bonds. The van der Waals surface area contributed by atoms with Crippen LogP contribution in [0.4, 0.5) is 18.9 Å². The van der Waals surface area contributed by atoms with Gasteiger partial charge >= 0.3 is 6.18 Å². The lowest BCUT2D eigenvalue weighted by Crippen LogP contribution is -2.62. The fraction of sp³-hybridized carbons (Fsp3) is 0.708. The van der Waals surface area contributed by atoms with Gasteiger partial charge in [-0.3, -0.25) is 9.69 Å². The normalized spacial score (nSPS) is 24.9. The number of benzene rings is 1. The van der Waals surface area contributed by atoms with Gasteiger partial charge in [0.25, 0.3) is 0 Å². The van der Waals surface area contributed by atoms with E-state index in [1.54, 1.807) is 6.07 Å². The maximum absolute atomic E-state index is 13.3. The molecule has 7 heteroatoms. The van der Waals surface area contributed by atoms with E-state index in [4.69, 9.17) is 0 Å². The van der Waals surface area contributed by atoms with Crippen LogP contribution in [0.15, 0.2) is 18.2 Å². The maximum Gasteiger partial charge on any atom is 0.416 e. The molecule has 4 rings (SSSR count). The highest BCUT2D eigenvalue weighted by molar-refractivity contribution is 5.82. The Balaban J connectivity index is 1.59. The molecule has 2 heterocycles. The van der Waals surface area contributed by atoms with Crippen molar-refractivity contribution in [3.05, 3.63) is 29.3 Å². The lowest BCUT2D eigenvalue weighted by atomic mass is 9.82. The predicted octanol–water partition coefficient (Wildman–Crippen LogP) is 4.47. The number of hydrogen-bond donors (Lipinski definition) is 1. The molecule has 0 aromatic heterocycles. The van der Waals surface area contributed by atoms with Gasteiger partial charge in [0.2, 0.25) is 5.91 Å². The number of alkyl halides is 3. The Hall–Kier alpha value is -1.76. The van der Waals surface area contributed by atoms with E-state index < -0.39 is 11.7 Å². The van der Waals surface area contributed by atoms with Crippen LogP contribution in [-0.2, 0) is 17.4 Å². The van der Waals surface area contributed by atoms with Crippen molar-refractivity contribution in [3.63, 3.8) is 0 Å². The number of carbonyl (C=O) groups is 1. The first-order valence-corrected chi connectivity index (χ1v) is 11.7. The Morgan fingerprint density at radius 1 is 1.19 bits per heavy atom. The molecule has 1 aromatic carbocycles. The molecule has 1 aromatic rings. The summed E-state index contributed by atoms with van der Waals surface area (Å²) in [6, 6.07) is 4.65. The standard InChI is InChI=1S/C24H34F3N3O/c1-16(2)9-10-28-23(31)20-14-17-13-18(24(25,26)27)7-8-21(17)30-12-11-29(15-22(20)30)19-5-3-4-6-19/h7-8,13,16,19-20,22H,3-6,9-12,14-15H2,1-2H3,(H,28,31)/t20-,22-/m1/s1. The number of piperazine rings is 1. The minimum Gasteiger partial charge on any atom is -0.365 e. The van der Waals surface area contributed by atoms with Crippen LogP contribution in [0.25, 0.3) is 0 Å². The lowest BCUT2D eigenvalue weighted by Gasteiger charge is -2.50. The van der Waals surface area contributed by atoms with Gasteiger partial charge < -0.3 is 10.2 Å². The van der Waals surface area contributed by atoms with E-state index in [1.807, 2.05) is 0 Å². The van der Waals surface area contributed by atoms with E-state index in [0.717, 1.165) is 31.7 Å². The van der Waals surface area contributed by atoms with E-state index >= 15 is 0 Å². The van der Waals surface area contributed by atoms with Gasteiger partial charge in [-0.15, -0.1) is 0 Å². The summed E-state index contributed by atoms with van der Waals surface area (Å²) in [5.41, 5.74) is 0.882. The van der Waals surface area contributed by atoms with Crippen molar-refractivity contribution in [2.75, 3.05) is 31.1 Å². The molecule has 0 spiro atoms. The second-order valence-corrected chi connectivity index (χ2v) is 9.82. The van der Waals surface area contributed by atoms with Gasteiger partial charge in [-0.1, -0.05) is 26.7 Å². The topological polar surface area (TPSA) is 35.6 Å². The maximum atomic E-state index is 13.3. The Labute approximate surface area is 183 Å². The van der Waals surface area contributed by atoms with Crippen molar-refractivity contribution in [3.8, 4) is 0 Å². The summed E-state index contributed by atoms with van der Waals surface area (Å²) in [4.78, 5) is 17.9. The average molecular weight is 438 g/mol. The van der Waals surface area contributed by atoms with Gasteiger partial charge in [-0.2, -0.15) is 13.2 Å². The Bertz CT molecular complexity index is 789. The zero-order valence-electron chi connectivity index (χ0n) is 18.5. The smallest absolute Gasteiger partial charge is 0.365 e. The molecule has 172 valence electrons. The summed E-state index contributed by atoms with van der Waals surface area (Å²) in [6.45, 7) is 7.32. The van der Waals surface area contributed by atoms with E-state index in [-0.39, 0.29) is 17.9 Å². The van der Waals surface area contributed by atoms with E-state index in [9.17, 15) is 18.0 Å². The Morgan fingerprint density at radius 3 is 2.61 bits per heavy atom. The number of amides is 1. The number of nitrogens with zero attached hydrogens (tertiary/aromatic N) is 2. The van der Waals surface area contributed by atoms with E-state index in [0.29, 0.717) is 30.5 Å². The van der Waals surface area contributed by atoms with E-state index in [1.165, 1.54) is 37.8 Å². The molecule has 2 fully saturated rings. The van der Waals surface area contributed by atoms with Gasteiger partial charge in [-0.25, -0.2) is 0 Å². The highest BCUT2D eigenvalue weighted by atomic mass is 19.4. The summed E-state index contributed by atoms with van der Waals surface area (Å²) >= 11 is 0. The van der Waals surface area contributed by atoms with Crippen molar-refractivity contribution in [2.45, 2.75) is 70.6 Å². The van der Waals surface area contributed by atoms with Crippen molar-refractivity contribution in [1.82, 2.24) is 10.2 Å². The average Bonchev–Trinajstić information content (AvgIpc) is 3.26. The Kier molecular flexibility index (Phi) is 6.52. The second kappa shape index (κ2) is 9.00. The highest BCUT2D eigenvalue weighted by Crippen LogP contribution is 2.40. The number of rotatable bonds is 5. The van der Waals surface area contributed by atoms with Crippen LogP contribution in [0.1, 0.15) is 57.1 Å². The van der Waals surface area contributed by atoms with Crippen LogP contribution >= 0.6 is 0 Å². The van der Waals surface area contributed by atoms with Gasteiger partial charge in [0, 0.05) is 37.9 Å². The van der Waals surface area contributed by atoms with Gasteiger partial charge in [-0.05, 0) is 55.4 Å². The molecule has 1 saturated carbocycles.